The zero-order chi connectivity index (χ0) is 14.6. The maximum atomic E-state index is 10.9. The highest BCUT2D eigenvalue weighted by Crippen LogP contribution is 2.34. The maximum Gasteiger partial charge on any atom is 0.386 e. The highest BCUT2D eigenvalue weighted by atomic mass is 16.6. The van der Waals surface area contributed by atoms with E-state index in [9.17, 15) is 15.2 Å². The standard InChI is InChI=1S/C14H21N3O3/c1-2-11-5-7-14(18,8-6-11)10-16-12-4-3-9-15-13(12)17(19)20/h3-4,9,11,16,18H,2,5-8,10H2,1H3. The van der Waals surface area contributed by atoms with Crippen LogP contribution >= 0.6 is 0 Å². The summed E-state index contributed by atoms with van der Waals surface area (Å²) < 4.78 is 0. The number of anilines is 1. The molecule has 0 atom stereocenters. The molecule has 1 aromatic rings. The summed E-state index contributed by atoms with van der Waals surface area (Å²) in [7, 11) is 0. The van der Waals surface area contributed by atoms with Crippen molar-refractivity contribution < 1.29 is 10.0 Å². The minimum absolute atomic E-state index is 0.196. The smallest absolute Gasteiger partial charge is 0.386 e. The van der Waals surface area contributed by atoms with Crippen LogP contribution in [0.5, 0.6) is 0 Å². The highest BCUT2D eigenvalue weighted by molar-refractivity contribution is 5.56. The Bertz CT molecular complexity index is 470. The summed E-state index contributed by atoms with van der Waals surface area (Å²) in [5.74, 6) is 0.501. The van der Waals surface area contributed by atoms with Gasteiger partial charge < -0.3 is 20.5 Å². The predicted octanol–water partition coefficient (Wildman–Crippen LogP) is 2.73. The number of aliphatic hydroxyl groups is 1. The van der Waals surface area contributed by atoms with E-state index in [4.69, 9.17) is 0 Å². The molecule has 1 fully saturated rings. The van der Waals surface area contributed by atoms with Gasteiger partial charge in [0, 0.05) is 6.54 Å². The topological polar surface area (TPSA) is 88.3 Å². The van der Waals surface area contributed by atoms with Crippen molar-refractivity contribution in [2.45, 2.75) is 44.6 Å². The van der Waals surface area contributed by atoms with Gasteiger partial charge in [0.15, 0.2) is 0 Å². The van der Waals surface area contributed by atoms with Gasteiger partial charge in [0.2, 0.25) is 0 Å². The molecule has 110 valence electrons. The van der Waals surface area contributed by atoms with Crippen LogP contribution in [0.2, 0.25) is 0 Å². The summed E-state index contributed by atoms with van der Waals surface area (Å²) in [6, 6.07) is 3.26. The number of nitro groups is 1. The van der Waals surface area contributed by atoms with Crippen LogP contribution < -0.4 is 5.32 Å². The lowest BCUT2D eigenvalue weighted by molar-refractivity contribution is -0.388. The molecule has 1 aliphatic carbocycles. The van der Waals surface area contributed by atoms with Crippen molar-refractivity contribution in [3.05, 3.63) is 28.4 Å². The Labute approximate surface area is 118 Å². The van der Waals surface area contributed by atoms with Crippen LogP contribution in [-0.2, 0) is 0 Å². The van der Waals surface area contributed by atoms with Crippen LogP contribution in [0.15, 0.2) is 18.3 Å². The lowest BCUT2D eigenvalue weighted by Crippen LogP contribution is -2.40. The SMILES string of the molecule is CCC1CCC(O)(CNc2cccnc2[N+](=O)[O-])CC1. The second-order valence-corrected chi connectivity index (χ2v) is 5.56. The van der Waals surface area contributed by atoms with Crippen LogP contribution in [0.1, 0.15) is 39.0 Å². The normalized spacial score (nSPS) is 26.2. The Morgan fingerprint density at radius 1 is 1.55 bits per heavy atom. The van der Waals surface area contributed by atoms with Crippen LogP contribution in [0.3, 0.4) is 0 Å². The number of aromatic nitrogens is 1. The average molecular weight is 279 g/mol. The monoisotopic (exact) mass is 279 g/mol. The van der Waals surface area contributed by atoms with Gasteiger partial charge in [0.1, 0.15) is 11.9 Å². The lowest BCUT2D eigenvalue weighted by atomic mass is 9.78. The molecule has 0 aromatic carbocycles. The molecule has 0 amide bonds. The molecule has 0 spiro atoms. The van der Waals surface area contributed by atoms with Crippen LogP contribution in [0.4, 0.5) is 11.5 Å². The molecule has 6 heteroatoms. The molecule has 0 bridgehead atoms. The largest absolute Gasteiger partial charge is 0.388 e. The van der Waals surface area contributed by atoms with Crippen molar-refractivity contribution in [1.29, 1.82) is 0 Å². The molecule has 1 aromatic heterocycles. The van der Waals surface area contributed by atoms with Gasteiger partial charge in [0.25, 0.3) is 0 Å². The summed E-state index contributed by atoms with van der Waals surface area (Å²) in [6.45, 7) is 2.50. The third kappa shape index (κ3) is 3.45. The minimum Gasteiger partial charge on any atom is -0.388 e. The van der Waals surface area contributed by atoms with Crippen LogP contribution in [0, 0.1) is 16.0 Å². The molecule has 2 N–H and O–H groups in total. The number of nitrogens with zero attached hydrogens (tertiary/aromatic N) is 2. The first kappa shape index (κ1) is 14.7. The zero-order valence-corrected chi connectivity index (χ0v) is 11.7. The predicted molar refractivity (Wildman–Crippen MR) is 76.6 cm³/mol. The summed E-state index contributed by atoms with van der Waals surface area (Å²) in [5.41, 5.74) is -0.404. The summed E-state index contributed by atoms with van der Waals surface area (Å²) in [4.78, 5) is 14.1. The van der Waals surface area contributed by atoms with Gasteiger partial charge in [-0.05, 0) is 53.6 Å². The number of rotatable bonds is 5. The van der Waals surface area contributed by atoms with Crippen molar-refractivity contribution in [2.24, 2.45) is 5.92 Å². The van der Waals surface area contributed by atoms with Crippen molar-refractivity contribution in [3.8, 4) is 0 Å². The van der Waals surface area contributed by atoms with Gasteiger partial charge in [-0.3, -0.25) is 0 Å². The van der Waals surface area contributed by atoms with E-state index in [1.165, 1.54) is 6.20 Å². The van der Waals surface area contributed by atoms with Gasteiger partial charge in [0.05, 0.1) is 5.60 Å². The fourth-order valence-electron chi connectivity index (χ4n) is 2.74. The highest BCUT2D eigenvalue weighted by Gasteiger charge is 2.32. The first-order chi connectivity index (χ1) is 9.54. The maximum absolute atomic E-state index is 10.9. The summed E-state index contributed by atoms with van der Waals surface area (Å²) in [5, 5.41) is 24.4. The fourth-order valence-corrected chi connectivity index (χ4v) is 2.74. The Morgan fingerprint density at radius 2 is 2.25 bits per heavy atom. The van der Waals surface area contributed by atoms with Crippen LogP contribution in [-0.4, -0.2) is 27.2 Å². The first-order valence-corrected chi connectivity index (χ1v) is 7.10. The molecule has 2 rings (SSSR count). The van der Waals surface area contributed by atoms with Gasteiger partial charge in [-0.15, -0.1) is 0 Å². The van der Waals surface area contributed by atoms with E-state index in [-0.39, 0.29) is 5.82 Å². The molecule has 20 heavy (non-hydrogen) atoms. The Morgan fingerprint density at radius 3 is 2.85 bits per heavy atom. The van der Waals surface area contributed by atoms with E-state index in [0.29, 0.717) is 18.2 Å². The van der Waals surface area contributed by atoms with Gasteiger partial charge in [-0.2, -0.15) is 0 Å². The number of pyridine rings is 1. The van der Waals surface area contributed by atoms with E-state index < -0.39 is 10.5 Å². The quantitative estimate of drug-likeness (QED) is 0.639. The molecule has 1 heterocycles. The summed E-state index contributed by atoms with van der Waals surface area (Å²) >= 11 is 0. The van der Waals surface area contributed by atoms with Crippen molar-refractivity contribution in [2.75, 3.05) is 11.9 Å². The first-order valence-electron chi connectivity index (χ1n) is 7.10. The molecular weight excluding hydrogens is 258 g/mol. The number of hydrogen-bond donors (Lipinski definition) is 2. The van der Waals surface area contributed by atoms with E-state index in [2.05, 4.69) is 17.2 Å². The second-order valence-electron chi connectivity index (χ2n) is 5.56. The third-order valence-corrected chi connectivity index (χ3v) is 4.18. The molecule has 6 nitrogen and oxygen atoms in total. The minimum atomic E-state index is -0.768. The third-order valence-electron chi connectivity index (χ3n) is 4.18. The summed E-state index contributed by atoms with van der Waals surface area (Å²) in [6.07, 6.45) is 6.06. The molecule has 1 saturated carbocycles. The van der Waals surface area contributed by atoms with Gasteiger partial charge in [-0.25, -0.2) is 0 Å². The molecule has 0 aliphatic heterocycles. The Kier molecular flexibility index (Phi) is 4.54. The van der Waals surface area contributed by atoms with Crippen LogP contribution in [0.25, 0.3) is 0 Å². The van der Waals surface area contributed by atoms with Crippen molar-refractivity contribution >= 4 is 11.5 Å². The Balaban J connectivity index is 1.97. The average Bonchev–Trinajstić information content (AvgIpc) is 2.46. The van der Waals surface area contributed by atoms with E-state index in [0.717, 1.165) is 32.1 Å². The van der Waals surface area contributed by atoms with Gasteiger partial charge in [-0.1, -0.05) is 13.3 Å². The number of hydrogen-bond acceptors (Lipinski definition) is 5. The second kappa shape index (κ2) is 6.17. The van der Waals surface area contributed by atoms with Gasteiger partial charge >= 0.3 is 5.82 Å². The van der Waals surface area contributed by atoms with E-state index >= 15 is 0 Å². The molecule has 0 radical (unpaired) electrons. The molecular formula is C14H21N3O3. The molecule has 0 saturated heterocycles. The lowest BCUT2D eigenvalue weighted by Gasteiger charge is -2.36. The fraction of sp³-hybridized carbons (Fsp3) is 0.643. The Hall–Kier alpha value is -1.69. The van der Waals surface area contributed by atoms with Crippen molar-refractivity contribution in [3.63, 3.8) is 0 Å². The molecule has 1 aliphatic rings. The zero-order valence-electron chi connectivity index (χ0n) is 11.7. The van der Waals surface area contributed by atoms with Crippen molar-refractivity contribution in [1.82, 2.24) is 4.98 Å². The molecule has 0 unspecified atom stereocenters. The van der Waals surface area contributed by atoms with E-state index in [1.807, 2.05) is 0 Å². The van der Waals surface area contributed by atoms with E-state index in [1.54, 1.807) is 12.1 Å². The number of nitrogens with one attached hydrogen (secondary N) is 1.